The predicted octanol–water partition coefficient (Wildman–Crippen LogP) is 4.79. The molecule has 0 aromatic rings. The molecule has 2 N–H and O–H groups in total. The summed E-state index contributed by atoms with van der Waals surface area (Å²) in [6, 6.07) is 0. The first kappa shape index (κ1) is 32.6. The van der Waals surface area contributed by atoms with Crippen molar-refractivity contribution in [3.05, 3.63) is 11.6 Å². The number of carboxylic acid groups (broad SMARTS) is 1. The van der Waals surface area contributed by atoms with Crippen molar-refractivity contribution in [1.82, 2.24) is 0 Å². The minimum atomic E-state index is -1.38. The SMILES string of the molecule is CCCCC(C)C(=O)O[C@H]1[C@H](O)[C@H](OCC23CC4C(C)CCC4C4(C=O)CC2C=C(C(C)C)C43C(=O)O)O[C@H](C)[C@H]1OC. The van der Waals surface area contributed by atoms with Gasteiger partial charge in [-0.3, -0.25) is 9.59 Å². The first-order valence-electron chi connectivity index (χ1n) is 16.5. The van der Waals surface area contributed by atoms with Crippen molar-refractivity contribution >= 4 is 18.2 Å². The minimum Gasteiger partial charge on any atom is -0.481 e. The van der Waals surface area contributed by atoms with Gasteiger partial charge in [0, 0.05) is 12.5 Å². The fraction of sp³-hybridized carbons (Fsp3) is 0.853. The van der Waals surface area contributed by atoms with E-state index in [4.69, 9.17) is 18.9 Å². The maximum absolute atomic E-state index is 13.7. The molecule has 5 rings (SSSR count). The van der Waals surface area contributed by atoms with E-state index in [1.807, 2.05) is 20.8 Å². The van der Waals surface area contributed by atoms with E-state index in [1.54, 1.807) is 6.92 Å². The van der Waals surface area contributed by atoms with E-state index >= 15 is 0 Å². The Balaban J connectivity index is 1.47. The molecule has 242 valence electrons. The number of carbonyl (C=O) groups is 3. The van der Waals surface area contributed by atoms with Gasteiger partial charge in [-0.2, -0.15) is 0 Å². The Bertz CT molecular complexity index is 1120. The van der Waals surface area contributed by atoms with Crippen LogP contribution in [0.3, 0.4) is 0 Å². The first-order valence-corrected chi connectivity index (χ1v) is 16.5. The number of esters is 1. The van der Waals surface area contributed by atoms with Crippen molar-refractivity contribution in [3.8, 4) is 0 Å². The lowest BCUT2D eigenvalue weighted by atomic mass is 9.43. The minimum absolute atomic E-state index is 0.0158. The number of fused-ring (bicyclic) bond motifs is 2. The predicted molar refractivity (Wildman–Crippen MR) is 158 cm³/mol. The highest BCUT2D eigenvalue weighted by Gasteiger charge is 2.84. The van der Waals surface area contributed by atoms with Crippen molar-refractivity contribution in [3.63, 3.8) is 0 Å². The van der Waals surface area contributed by atoms with Gasteiger partial charge < -0.3 is 34.0 Å². The fourth-order valence-electron chi connectivity index (χ4n) is 10.3. The van der Waals surface area contributed by atoms with E-state index in [0.717, 1.165) is 37.5 Å². The summed E-state index contributed by atoms with van der Waals surface area (Å²) in [5.74, 6) is -1.24. The van der Waals surface area contributed by atoms with E-state index < -0.39 is 58.9 Å². The summed E-state index contributed by atoms with van der Waals surface area (Å²) in [6.07, 6.45) is 3.89. The van der Waals surface area contributed by atoms with Crippen LogP contribution in [0.5, 0.6) is 0 Å². The molecule has 0 aromatic heterocycles. The number of hydrogen-bond acceptors (Lipinski definition) is 8. The number of carbonyl (C=O) groups excluding carboxylic acids is 2. The molecular formula is C34H52O9. The van der Waals surface area contributed by atoms with Crippen molar-refractivity contribution in [2.75, 3.05) is 13.7 Å². The monoisotopic (exact) mass is 604 g/mol. The third-order valence-corrected chi connectivity index (χ3v) is 12.3. The molecule has 4 aliphatic carbocycles. The average Bonchev–Trinajstić information content (AvgIpc) is 3.54. The van der Waals surface area contributed by atoms with Gasteiger partial charge in [0.2, 0.25) is 0 Å². The average molecular weight is 605 g/mol. The molecule has 1 aliphatic heterocycles. The molecule has 9 heteroatoms. The summed E-state index contributed by atoms with van der Waals surface area (Å²) in [6.45, 7) is 11.9. The summed E-state index contributed by atoms with van der Waals surface area (Å²) in [7, 11) is 1.49. The Hall–Kier alpha value is -1.81. The van der Waals surface area contributed by atoms with Crippen molar-refractivity contribution in [1.29, 1.82) is 0 Å². The Labute approximate surface area is 256 Å². The number of rotatable bonds is 12. The molecule has 4 bridgehead atoms. The van der Waals surface area contributed by atoms with Crippen LogP contribution in [0.1, 0.15) is 86.5 Å². The van der Waals surface area contributed by atoms with E-state index in [1.165, 1.54) is 7.11 Å². The molecule has 0 spiro atoms. The summed E-state index contributed by atoms with van der Waals surface area (Å²) < 4.78 is 24.1. The second kappa shape index (κ2) is 11.8. The molecule has 13 atom stereocenters. The zero-order chi connectivity index (χ0) is 31.5. The Morgan fingerprint density at radius 3 is 2.49 bits per heavy atom. The number of ether oxygens (including phenoxy) is 4. The van der Waals surface area contributed by atoms with Gasteiger partial charge in [0.15, 0.2) is 12.4 Å². The molecule has 0 aromatic carbocycles. The van der Waals surface area contributed by atoms with Gasteiger partial charge in [-0.15, -0.1) is 0 Å². The van der Waals surface area contributed by atoms with E-state index in [2.05, 4.69) is 19.9 Å². The van der Waals surface area contributed by atoms with Crippen LogP contribution in [0.15, 0.2) is 11.6 Å². The van der Waals surface area contributed by atoms with Gasteiger partial charge in [-0.05, 0) is 62.2 Å². The number of aliphatic hydroxyl groups is 1. The van der Waals surface area contributed by atoms with Gasteiger partial charge in [0.1, 0.15) is 23.9 Å². The molecular weight excluding hydrogens is 552 g/mol. The van der Waals surface area contributed by atoms with E-state index in [0.29, 0.717) is 25.2 Å². The number of carboxylic acids is 1. The number of unbranched alkanes of at least 4 members (excludes halogenated alkanes) is 1. The number of hydrogen-bond donors (Lipinski definition) is 2. The lowest BCUT2D eigenvalue weighted by Crippen LogP contribution is -2.64. The third kappa shape index (κ3) is 4.50. The molecule has 5 aliphatic rings. The van der Waals surface area contributed by atoms with E-state index in [-0.39, 0.29) is 36.2 Å². The lowest BCUT2D eigenvalue weighted by Gasteiger charge is -2.58. The van der Waals surface area contributed by atoms with Crippen LogP contribution in [-0.2, 0) is 33.3 Å². The highest BCUT2D eigenvalue weighted by Crippen LogP contribution is 2.82. The Kier molecular flexibility index (Phi) is 8.97. The summed E-state index contributed by atoms with van der Waals surface area (Å²) in [5.41, 5.74) is -2.41. The van der Waals surface area contributed by atoms with Crippen LogP contribution in [-0.4, -0.2) is 72.9 Å². The van der Waals surface area contributed by atoms with Crippen LogP contribution >= 0.6 is 0 Å². The quantitative estimate of drug-likeness (QED) is 0.184. The number of aliphatic carboxylic acids is 1. The van der Waals surface area contributed by atoms with Crippen LogP contribution in [0, 0.1) is 51.8 Å². The van der Waals surface area contributed by atoms with Crippen LogP contribution in [0.4, 0.5) is 0 Å². The molecule has 43 heavy (non-hydrogen) atoms. The maximum Gasteiger partial charge on any atom is 0.315 e. The number of aldehydes is 1. The Morgan fingerprint density at radius 1 is 1.16 bits per heavy atom. The molecule has 0 radical (unpaired) electrons. The molecule has 0 amide bonds. The smallest absolute Gasteiger partial charge is 0.315 e. The first-order chi connectivity index (χ1) is 20.4. The van der Waals surface area contributed by atoms with Crippen LogP contribution < -0.4 is 0 Å². The normalized spacial score (nSPS) is 45.5. The topological polar surface area (TPSA) is 129 Å². The van der Waals surface area contributed by atoms with Gasteiger partial charge in [0.05, 0.1) is 24.0 Å². The van der Waals surface area contributed by atoms with Crippen LogP contribution in [0.2, 0.25) is 0 Å². The van der Waals surface area contributed by atoms with Crippen LogP contribution in [0.25, 0.3) is 0 Å². The highest BCUT2D eigenvalue weighted by atomic mass is 16.7. The van der Waals surface area contributed by atoms with E-state index in [9.17, 15) is 24.6 Å². The zero-order valence-corrected chi connectivity index (χ0v) is 26.9. The highest BCUT2D eigenvalue weighted by molar-refractivity contribution is 5.90. The standard InChI is InChI=1S/C34H52O9/c1-8-9-10-20(5)29(37)43-28-26(36)30(42-21(6)27(28)40-7)41-17-33-15-23-19(4)11-12-24(23)32(16-35)14-22(33)13-25(18(2)3)34(32,33)31(38)39/h13,16,18-24,26-28,30,36H,8-12,14-15,17H2,1-7H3,(H,38,39)/t19?,20?,21-,22?,23?,24?,26+,27-,28+,30-,32?,33?,34?/m1/s1. The van der Waals surface area contributed by atoms with Gasteiger partial charge in [-0.25, -0.2) is 0 Å². The number of allylic oxidation sites excluding steroid dienone is 1. The lowest BCUT2D eigenvalue weighted by molar-refractivity contribution is -0.309. The van der Waals surface area contributed by atoms with Crippen molar-refractivity contribution in [2.24, 2.45) is 51.8 Å². The molecule has 4 fully saturated rings. The van der Waals surface area contributed by atoms with Crippen molar-refractivity contribution < 1.29 is 43.5 Å². The summed E-state index contributed by atoms with van der Waals surface area (Å²) >= 11 is 0. The summed E-state index contributed by atoms with van der Waals surface area (Å²) in [4.78, 5) is 40.0. The van der Waals surface area contributed by atoms with Crippen molar-refractivity contribution in [2.45, 2.75) is 117 Å². The fourth-order valence-corrected chi connectivity index (χ4v) is 10.3. The third-order valence-electron chi connectivity index (χ3n) is 12.3. The van der Waals surface area contributed by atoms with Gasteiger partial charge in [-0.1, -0.05) is 65.5 Å². The van der Waals surface area contributed by atoms with Gasteiger partial charge >= 0.3 is 11.9 Å². The molecule has 1 heterocycles. The zero-order valence-electron chi connectivity index (χ0n) is 26.9. The number of methoxy groups -OCH3 is 1. The second-order valence-corrected chi connectivity index (χ2v) is 14.6. The van der Waals surface area contributed by atoms with Gasteiger partial charge in [0.25, 0.3) is 0 Å². The Morgan fingerprint density at radius 2 is 1.88 bits per heavy atom. The molecule has 8 unspecified atom stereocenters. The maximum atomic E-state index is 13.7. The largest absolute Gasteiger partial charge is 0.481 e. The second-order valence-electron chi connectivity index (χ2n) is 14.6. The number of aliphatic hydroxyl groups excluding tert-OH is 1. The summed E-state index contributed by atoms with van der Waals surface area (Å²) in [5, 5.41) is 22.7. The molecule has 9 nitrogen and oxygen atoms in total. The molecule has 3 saturated carbocycles. The molecule has 1 saturated heterocycles.